The van der Waals surface area contributed by atoms with Gasteiger partial charge in [0.05, 0.1) is 11.0 Å². The molecule has 1 saturated carbocycles. The largest absolute Gasteiger partial charge is 0.329 e. The molecule has 0 spiro atoms. The topological polar surface area (TPSA) is 43.8 Å². The Kier molecular flexibility index (Phi) is 3.27. The number of nitrogens with zero attached hydrogens (tertiary/aromatic N) is 2. The third-order valence-electron chi connectivity index (χ3n) is 4.33. The number of hydrogen-bond acceptors (Lipinski definition) is 2. The van der Waals surface area contributed by atoms with E-state index in [0.717, 1.165) is 41.9 Å². The van der Waals surface area contributed by atoms with Crippen molar-refractivity contribution in [3.05, 3.63) is 29.0 Å². The molecule has 0 unspecified atom stereocenters. The first-order valence-corrected chi connectivity index (χ1v) is 7.44. The second kappa shape index (κ2) is 4.80. The number of fused-ring (bicyclic) bond motifs is 1. The maximum absolute atomic E-state index is 6.13. The predicted molar refractivity (Wildman–Crippen MR) is 79.6 cm³/mol. The van der Waals surface area contributed by atoms with Crippen molar-refractivity contribution in [1.29, 1.82) is 0 Å². The number of aromatic nitrogens is 2. The molecule has 4 heteroatoms. The van der Waals surface area contributed by atoms with Gasteiger partial charge in [-0.2, -0.15) is 0 Å². The average Bonchev–Trinajstić information content (AvgIpc) is 2.69. The maximum atomic E-state index is 6.13. The van der Waals surface area contributed by atoms with E-state index in [4.69, 9.17) is 22.3 Å². The number of aryl methyl sites for hydroxylation is 1. The van der Waals surface area contributed by atoms with Gasteiger partial charge in [0.2, 0.25) is 0 Å². The van der Waals surface area contributed by atoms with Gasteiger partial charge in [-0.25, -0.2) is 4.98 Å². The van der Waals surface area contributed by atoms with E-state index in [1.165, 1.54) is 12.2 Å². The summed E-state index contributed by atoms with van der Waals surface area (Å²) in [6.45, 7) is 3.86. The lowest BCUT2D eigenvalue weighted by molar-refractivity contribution is 0.231. The quantitative estimate of drug-likeness (QED) is 0.930. The normalized spacial score (nSPS) is 17.6. The summed E-state index contributed by atoms with van der Waals surface area (Å²) in [4.78, 5) is 4.86. The van der Waals surface area contributed by atoms with Crippen molar-refractivity contribution in [2.75, 3.05) is 6.54 Å². The molecule has 0 bridgehead atoms. The minimum Gasteiger partial charge on any atom is -0.329 e. The van der Waals surface area contributed by atoms with Gasteiger partial charge in [-0.3, -0.25) is 0 Å². The summed E-state index contributed by atoms with van der Waals surface area (Å²) < 4.78 is 2.33. The molecule has 0 radical (unpaired) electrons. The van der Waals surface area contributed by atoms with Crippen LogP contribution in [-0.4, -0.2) is 16.1 Å². The fourth-order valence-electron chi connectivity index (χ4n) is 3.07. The number of hydrogen-bond donors (Lipinski definition) is 1. The molecule has 102 valence electrons. The summed E-state index contributed by atoms with van der Waals surface area (Å²) in [6, 6.07) is 5.94. The first-order valence-electron chi connectivity index (χ1n) is 7.06. The molecule has 1 aliphatic carbocycles. The van der Waals surface area contributed by atoms with E-state index in [9.17, 15) is 0 Å². The van der Waals surface area contributed by atoms with Crippen molar-refractivity contribution >= 4 is 22.6 Å². The Balaban J connectivity index is 2.20. The standard InChI is InChI=1S/C15H20ClN3/c1-2-8-19-13-9-11(16)4-5-12(13)18-14(19)15(10-17)6-3-7-15/h4-5,9H,2-3,6-8,10,17H2,1H3. The van der Waals surface area contributed by atoms with E-state index in [2.05, 4.69) is 11.5 Å². The molecule has 0 atom stereocenters. The third kappa shape index (κ3) is 1.96. The van der Waals surface area contributed by atoms with Crippen LogP contribution in [0.5, 0.6) is 0 Å². The van der Waals surface area contributed by atoms with Crippen LogP contribution in [0.1, 0.15) is 38.4 Å². The fraction of sp³-hybridized carbons (Fsp3) is 0.533. The van der Waals surface area contributed by atoms with Crippen molar-refractivity contribution in [2.45, 2.75) is 44.6 Å². The van der Waals surface area contributed by atoms with Gasteiger partial charge in [-0.05, 0) is 37.5 Å². The van der Waals surface area contributed by atoms with E-state index in [-0.39, 0.29) is 5.41 Å². The summed E-state index contributed by atoms with van der Waals surface area (Å²) in [5.41, 5.74) is 8.31. The van der Waals surface area contributed by atoms with Gasteiger partial charge in [-0.15, -0.1) is 0 Å². The van der Waals surface area contributed by atoms with Gasteiger partial charge >= 0.3 is 0 Å². The zero-order chi connectivity index (χ0) is 13.5. The lowest BCUT2D eigenvalue weighted by Gasteiger charge is -2.40. The van der Waals surface area contributed by atoms with Gasteiger partial charge in [0.25, 0.3) is 0 Å². The zero-order valence-corrected chi connectivity index (χ0v) is 12.1. The third-order valence-corrected chi connectivity index (χ3v) is 4.57. The lowest BCUT2D eigenvalue weighted by Crippen LogP contribution is -2.43. The van der Waals surface area contributed by atoms with Crippen molar-refractivity contribution in [1.82, 2.24) is 9.55 Å². The molecule has 1 aromatic carbocycles. The molecule has 0 aliphatic heterocycles. The van der Waals surface area contributed by atoms with Crippen molar-refractivity contribution in [2.24, 2.45) is 5.73 Å². The highest BCUT2D eigenvalue weighted by Gasteiger charge is 2.41. The first-order chi connectivity index (χ1) is 9.20. The molecule has 0 saturated heterocycles. The van der Waals surface area contributed by atoms with Gasteiger partial charge in [0, 0.05) is 23.5 Å². The van der Waals surface area contributed by atoms with Crippen LogP contribution in [0.15, 0.2) is 18.2 Å². The Bertz CT molecular complexity index is 593. The fourth-order valence-corrected chi connectivity index (χ4v) is 3.24. The van der Waals surface area contributed by atoms with Gasteiger partial charge in [-0.1, -0.05) is 24.9 Å². The molecule has 2 N–H and O–H groups in total. The number of nitrogens with two attached hydrogens (primary N) is 1. The number of benzene rings is 1. The molecule has 19 heavy (non-hydrogen) atoms. The van der Waals surface area contributed by atoms with Gasteiger partial charge < -0.3 is 10.3 Å². The minimum atomic E-state index is 0.0979. The Morgan fingerprint density at radius 3 is 2.79 bits per heavy atom. The summed E-state index contributed by atoms with van der Waals surface area (Å²) in [5, 5.41) is 0.770. The van der Waals surface area contributed by atoms with Crippen LogP contribution in [0.2, 0.25) is 5.02 Å². The highest BCUT2D eigenvalue weighted by molar-refractivity contribution is 6.31. The van der Waals surface area contributed by atoms with Gasteiger partial charge in [0.1, 0.15) is 5.82 Å². The predicted octanol–water partition coefficient (Wildman–Crippen LogP) is 3.48. The van der Waals surface area contributed by atoms with Crippen LogP contribution < -0.4 is 5.73 Å². The average molecular weight is 278 g/mol. The summed E-state index contributed by atoms with van der Waals surface area (Å²) in [5.74, 6) is 1.17. The highest BCUT2D eigenvalue weighted by Crippen LogP contribution is 2.43. The summed E-state index contributed by atoms with van der Waals surface area (Å²) >= 11 is 6.13. The van der Waals surface area contributed by atoms with E-state index in [0.29, 0.717) is 6.54 Å². The smallest absolute Gasteiger partial charge is 0.117 e. The first kappa shape index (κ1) is 12.9. The molecule has 0 amide bonds. The van der Waals surface area contributed by atoms with Crippen LogP contribution in [0.4, 0.5) is 0 Å². The number of imidazole rings is 1. The molecular weight excluding hydrogens is 258 g/mol. The number of halogens is 1. The van der Waals surface area contributed by atoms with Crippen molar-refractivity contribution in [3.8, 4) is 0 Å². The van der Waals surface area contributed by atoms with Crippen LogP contribution in [0.25, 0.3) is 11.0 Å². The van der Waals surface area contributed by atoms with Gasteiger partial charge in [0.15, 0.2) is 0 Å². The molecule has 1 aromatic heterocycles. The maximum Gasteiger partial charge on any atom is 0.117 e. The Morgan fingerprint density at radius 1 is 1.42 bits per heavy atom. The van der Waals surface area contributed by atoms with E-state index < -0.39 is 0 Å². The second-order valence-electron chi connectivity index (χ2n) is 5.56. The van der Waals surface area contributed by atoms with E-state index in [1.807, 2.05) is 18.2 Å². The Labute approximate surface area is 118 Å². The molecule has 2 aromatic rings. The molecule has 1 aliphatic rings. The molecule has 3 nitrogen and oxygen atoms in total. The summed E-state index contributed by atoms with van der Waals surface area (Å²) in [6.07, 6.45) is 4.66. The van der Waals surface area contributed by atoms with E-state index >= 15 is 0 Å². The van der Waals surface area contributed by atoms with Crippen LogP contribution in [-0.2, 0) is 12.0 Å². The van der Waals surface area contributed by atoms with Crippen LogP contribution in [0.3, 0.4) is 0 Å². The minimum absolute atomic E-state index is 0.0979. The van der Waals surface area contributed by atoms with Crippen molar-refractivity contribution < 1.29 is 0 Å². The molecule has 1 fully saturated rings. The molecular formula is C15H20ClN3. The van der Waals surface area contributed by atoms with Crippen LogP contribution >= 0.6 is 11.6 Å². The zero-order valence-electron chi connectivity index (χ0n) is 11.3. The molecule has 3 rings (SSSR count). The van der Waals surface area contributed by atoms with Crippen molar-refractivity contribution in [3.63, 3.8) is 0 Å². The monoisotopic (exact) mass is 277 g/mol. The van der Waals surface area contributed by atoms with E-state index in [1.54, 1.807) is 0 Å². The Hall–Kier alpha value is -1.06. The highest BCUT2D eigenvalue weighted by atomic mass is 35.5. The SMILES string of the molecule is CCCn1c(C2(CN)CCC2)nc2ccc(Cl)cc21. The second-order valence-corrected chi connectivity index (χ2v) is 5.99. The number of rotatable bonds is 4. The lowest BCUT2D eigenvalue weighted by atomic mass is 9.68. The summed E-state index contributed by atoms with van der Waals surface area (Å²) in [7, 11) is 0. The Morgan fingerprint density at radius 2 is 2.21 bits per heavy atom. The molecule has 1 heterocycles. The van der Waals surface area contributed by atoms with Crippen LogP contribution in [0, 0.1) is 0 Å².